The first-order valence-corrected chi connectivity index (χ1v) is 10.4. The minimum absolute atomic E-state index is 0.725. The molecule has 1 nitrogen and oxygen atoms in total. The van der Waals surface area contributed by atoms with Crippen LogP contribution >= 0.6 is 0 Å². The molecule has 1 fully saturated rings. The molecule has 102 valence electrons. The summed E-state index contributed by atoms with van der Waals surface area (Å²) in [6.45, 7) is 4.50. The molecule has 0 aromatic carbocycles. The van der Waals surface area contributed by atoms with Gasteiger partial charge in [0.25, 0.3) is 0 Å². The van der Waals surface area contributed by atoms with Gasteiger partial charge in [-0.2, -0.15) is 0 Å². The molecule has 0 spiro atoms. The van der Waals surface area contributed by atoms with Crippen LogP contribution in [0, 0.1) is 0 Å². The highest BCUT2D eigenvalue weighted by molar-refractivity contribution is 6.74. The molecule has 1 aliphatic rings. The molecule has 1 saturated carbocycles. The second-order valence-electron chi connectivity index (χ2n) is 6.00. The van der Waals surface area contributed by atoms with Gasteiger partial charge in [0.05, 0.1) is 0 Å². The van der Waals surface area contributed by atoms with Gasteiger partial charge in [-0.15, -0.1) is 0 Å². The Hall–Kier alpha value is 0.177. The van der Waals surface area contributed by atoms with Gasteiger partial charge in [0.2, 0.25) is 0 Å². The zero-order valence-electron chi connectivity index (χ0n) is 12.0. The van der Waals surface area contributed by atoms with E-state index in [0.717, 1.165) is 5.54 Å². The van der Waals surface area contributed by atoms with Gasteiger partial charge in [0.15, 0.2) is 8.32 Å². The van der Waals surface area contributed by atoms with Crippen molar-refractivity contribution in [2.75, 3.05) is 0 Å². The Morgan fingerprint density at radius 1 is 0.882 bits per heavy atom. The van der Waals surface area contributed by atoms with Gasteiger partial charge in [0, 0.05) is 0 Å². The van der Waals surface area contributed by atoms with E-state index in [-0.39, 0.29) is 0 Å². The van der Waals surface area contributed by atoms with Gasteiger partial charge >= 0.3 is 0 Å². The maximum absolute atomic E-state index is 11.2. The summed E-state index contributed by atoms with van der Waals surface area (Å²) in [4.78, 5) is 11.2. The summed E-state index contributed by atoms with van der Waals surface area (Å²) in [6.07, 6.45) is 13.2. The Balaban J connectivity index is 2.57. The summed E-state index contributed by atoms with van der Waals surface area (Å²) in [5.74, 6) is 0. The standard InChI is InChI=1S/C15H32OSi/c1-3-5-13-17(16,14-6-4-2)15-11-9-7-8-10-12-15/h15-16H,3-14H2,1-2H3. The highest BCUT2D eigenvalue weighted by Crippen LogP contribution is 2.40. The lowest BCUT2D eigenvalue weighted by molar-refractivity contribution is 0.466. The normalized spacial score (nSPS) is 19.2. The topological polar surface area (TPSA) is 20.2 Å². The predicted octanol–water partition coefficient (Wildman–Crippen LogP) is 5.25. The first kappa shape index (κ1) is 15.2. The fourth-order valence-electron chi connectivity index (χ4n) is 3.32. The minimum atomic E-state index is -1.92. The zero-order chi connectivity index (χ0) is 12.6. The average molecular weight is 257 g/mol. The van der Waals surface area contributed by atoms with Crippen molar-refractivity contribution >= 4 is 8.32 Å². The molecule has 0 unspecified atom stereocenters. The summed E-state index contributed by atoms with van der Waals surface area (Å²) in [5, 5.41) is 0. The van der Waals surface area contributed by atoms with E-state index in [0.29, 0.717) is 0 Å². The Bertz CT molecular complexity index is 177. The van der Waals surface area contributed by atoms with Crippen molar-refractivity contribution < 1.29 is 4.80 Å². The van der Waals surface area contributed by atoms with Crippen molar-refractivity contribution in [3.63, 3.8) is 0 Å². The summed E-state index contributed by atoms with van der Waals surface area (Å²) >= 11 is 0. The fraction of sp³-hybridized carbons (Fsp3) is 1.00. The number of hydrogen-bond acceptors (Lipinski definition) is 1. The van der Waals surface area contributed by atoms with E-state index < -0.39 is 8.32 Å². The van der Waals surface area contributed by atoms with Crippen LogP contribution in [0.4, 0.5) is 0 Å². The fourth-order valence-corrected chi connectivity index (χ4v) is 7.80. The Kier molecular flexibility index (Phi) is 7.45. The van der Waals surface area contributed by atoms with Gasteiger partial charge in [-0.25, -0.2) is 0 Å². The third kappa shape index (κ3) is 5.13. The molecule has 0 aromatic heterocycles. The van der Waals surface area contributed by atoms with Gasteiger partial charge in [-0.05, 0) is 17.6 Å². The Labute approximate surface area is 109 Å². The maximum atomic E-state index is 11.2. The van der Waals surface area contributed by atoms with E-state index in [1.165, 1.54) is 76.3 Å². The van der Waals surface area contributed by atoms with Crippen LogP contribution in [-0.4, -0.2) is 13.1 Å². The molecule has 2 heteroatoms. The molecule has 0 bridgehead atoms. The molecule has 0 aliphatic heterocycles. The van der Waals surface area contributed by atoms with E-state index in [9.17, 15) is 4.80 Å². The monoisotopic (exact) mass is 256 g/mol. The molecule has 1 N–H and O–H groups in total. The molecule has 0 aromatic rings. The first-order chi connectivity index (χ1) is 8.23. The van der Waals surface area contributed by atoms with Crippen molar-refractivity contribution in [2.24, 2.45) is 0 Å². The van der Waals surface area contributed by atoms with Crippen molar-refractivity contribution in [1.82, 2.24) is 0 Å². The molecule has 0 saturated heterocycles. The largest absolute Gasteiger partial charge is 0.431 e. The van der Waals surface area contributed by atoms with Gasteiger partial charge in [-0.3, -0.25) is 0 Å². The number of unbranched alkanes of at least 4 members (excludes halogenated alkanes) is 2. The second-order valence-corrected chi connectivity index (χ2v) is 10.0. The Morgan fingerprint density at radius 3 is 1.76 bits per heavy atom. The molecule has 0 heterocycles. The van der Waals surface area contributed by atoms with Crippen LogP contribution in [-0.2, 0) is 0 Å². The van der Waals surface area contributed by atoms with Crippen molar-refractivity contribution in [2.45, 2.75) is 95.7 Å². The van der Waals surface area contributed by atoms with E-state index in [1.807, 2.05) is 0 Å². The quantitative estimate of drug-likeness (QED) is 0.487. The van der Waals surface area contributed by atoms with Crippen LogP contribution in [0.5, 0.6) is 0 Å². The van der Waals surface area contributed by atoms with Crippen LogP contribution in [0.15, 0.2) is 0 Å². The first-order valence-electron chi connectivity index (χ1n) is 7.95. The van der Waals surface area contributed by atoms with E-state index in [1.54, 1.807) is 0 Å². The van der Waals surface area contributed by atoms with E-state index in [4.69, 9.17) is 0 Å². The highest BCUT2D eigenvalue weighted by Gasteiger charge is 2.38. The molecule has 1 aliphatic carbocycles. The average Bonchev–Trinajstić information content (AvgIpc) is 2.63. The molecule has 0 atom stereocenters. The van der Waals surface area contributed by atoms with Crippen LogP contribution in [0.25, 0.3) is 0 Å². The number of hydrogen-bond donors (Lipinski definition) is 1. The molecule has 17 heavy (non-hydrogen) atoms. The molecule has 1 rings (SSSR count). The smallest absolute Gasteiger partial charge is 0.191 e. The lowest BCUT2D eigenvalue weighted by Crippen LogP contribution is -2.40. The van der Waals surface area contributed by atoms with Gasteiger partial charge < -0.3 is 4.80 Å². The summed E-state index contributed by atoms with van der Waals surface area (Å²) in [7, 11) is -1.92. The summed E-state index contributed by atoms with van der Waals surface area (Å²) in [6, 6.07) is 2.35. The highest BCUT2D eigenvalue weighted by atomic mass is 28.4. The van der Waals surface area contributed by atoms with Crippen molar-refractivity contribution in [1.29, 1.82) is 0 Å². The lowest BCUT2D eigenvalue weighted by atomic mass is 10.2. The number of rotatable bonds is 7. The maximum Gasteiger partial charge on any atom is 0.191 e. The van der Waals surface area contributed by atoms with Crippen LogP contribution in [0.2, 0.25) is 17.6 Å². The van der Waals surface area contributed by atoms with Gasteiger partial charge in [0.1, 0.15) is 0 Å². The van der Waals surface area contributed by atoms with E-state index >= 15 is 0 Å². The summed E-state index contributed by atoms with van der Waals surface area (Å²) < 4.78 is 0. The third-order valence-corrected chi connectivity index (χ3v) is 9.08. The van der Waals surface area contributed by atoms with Crippen LogP contribution in [0.1, 0.15) is 78.1 Å². The molecular weight excluding hydrogens is 224 g/mol. The lowest BCUT2D eigenvalue weighted by Gasteiger charge is -2.33. The van der Waals surface area contributed by atoms with Crippen LogP contribution in [0.3, 0.4) is 0 Å². The third-order valence-electron chi connectivity index (χ3n) is 4.54. The second kappa shape index (κ2) is 8.31. The minimum Gasteiger partial charge on any atom is -0.431 e. The molecular formula is C15H32OSi. The summed E-state index contributed by atoms with van der Waals surface area (Å²) in [5.41, 5.74) is 0.725. The Morgan fingerprint density at radius 2 is 1.35 bits per heavy atom. The van der Waals surface area contributed by atoms with Gasteiger partial charge in [-0.1, -0.05) is 78.1 Å². The predicted molar refractivity (Wildman–Crippen MR) is 78.9 cm³/mol. The van der Waals surface area contributed by atoms with Crippen molar-refractivity contribution in [3.8, 4) is 0 Å². The molecule has 0 amide bonds. The zero-order valence-corrected chi connectivity index (χ0v) is 13.0. The SMILES string of the molecule is CCCC[Si](O)(CCCC)C1CCCCCC1. The van der Waals surface area contributed by atoms with Crippen LogP contribution < -0.4 is 0 Å². The van der Waals surface area contributed by atoms with E-state index in [2.05, 4.69) is 13.8 Å². The molecule has 0 radical (unpaired) electrons. The van der Waals surface area contributed by atoms with Crippen molar-refractivity contribution in [3.05, 3.63) is 0 Å².